The van der Waals surface area contributed by atoms with Crippen molar-refractivity contribution in [3.8, 4) is 0 Å². The highest BCUT2D eigenvalue weighted by Crippen LogP contribution is 2.17. The van der Waals surface area contributed by atoms with Gasteiger partial charge in [0.25, 0.3) is 0 Å². The van der Waals surface area contributed by atoms with Crippen molar-refractivity contribution < 1.29 is 5.21 Å². The third kappa shape index (κ3) is 2.05. The topological polar surface area (TPSA) is 58.6 Å². The molecular formula is C11H16N2O. The maximum Gasteiger partial charge on any atom is 0.143 e. The van der Waals surface area contributed by atoms with Gasteiger partial charge in [-0.2, -0.15) is 0 Å². The minimum Gasteiger partial charge on any atom is -0.409 e. The van der Waals surface area contributed by atoms with Gasteiger partial charge < -0.3 is 10.9 Å². The van der Waals surface area contributed by atoms with Crippen molar-refractivity contribution in [3.63, 3.8) is 0 Å². The van der Waals surface area contributed by atoms with E-state index in [-0.39, 0.29) is 5.84 Å². The molecule has 0 aliphatic heterocycles. The Morgan fingerprint density at radius 2 is 1.93 bits per heavy atom. The molecule has 14 heavy (non-hydrogen) atoms. The summed E-state index contributed by atoms with van der Waals surface area (Å²) >= 11 is 0. The summed E-state index contributed by atoms with van der Waals surface area (Å²) in [6.07, 6.45) is 0.503. The average molecular weight is 192 g/mol. The molecule has 76 valence electrons. The number of benzene rings is 1. The van der Waals surface area contributed by atoms with Crippen molar-refractivity contribution in [2.24, 2.45) is 10.9 Å². The molecular weight excluding hydrogens is 176 g/mol. The van der Waals surface area contributed by atoms with Gasteiger partial charge in [-0.05, 0) is 43.0 Å². The summed E-state index contributed by atoms with van der Waals surface area (Å²) in [7, 11) is 0. The Kier molecular flexibility index (Phi) is 3.12. The molecule has 0 radical (unpaired) electrons. The second-order valence-corrected chi connectivity index (χ2v) is 3.56. The van der Waals surface area contributed by atoms with Gasteiger partial charge >= 0.3 is 0 Å². The van der Waals surface area contributed by atoms with Crippen molar-refractivity contribution in [1.82, 2.24) is 0 Å². The number of rotatable bonds is 2. The quantitative estimate of drug-likeness (QED) is 0.325. The van der Waals surface area contributed by atoms with Gasteiger partial charge in [0, 0.05) is 6.42 Å². The van der Waals surface area contributed by atoms with E-state index in [0.29, 0.717) is 6.42 Å². The summed E-state index contributed by atoms with van der Waals surface area (Å²) in [5.41, 5.74) is 10.3. The van der Waals surface area contributed by atoms with Crippen molar-refractivity contribution in [3.05, 3.63) is 34.4 Å². The smallest absolute Gasteiger partial charge is 0.143 e. The number of nitrogens with two attached hydrogens (primary N) is 1. The fourth-order valence-electron chi connectivity index (χ4n) is 1.43. The van der Waals surface area contributed by atoms with Gasteiger partial charge in [0.15, 0.2) is 0 Å². The zero-order valence-electron chi connectivity index (χ0n) is 8.83. The molecule has 0 bridgehead atoms. The molecule has 1 rings (SSSR count). The molecule has 3 nitrogen and oxygen atoms in total. The Morgan fingerprint density at radius 1 is 1.29 bits per heavy atom. The molecule has 0 spiro atoms. The van der Waals surface area contributed by atoms with Gasteiger partial charge in [0.1, 0.15) is 5.84 Å². The molecule has 0 unspecified atom stereocenters. The number of hydrogen-bond acceptors (Lipinski definition) is 2. The van der Waals surface area contributed by atoms with E-state index in [9.17, 15) is 0 Å². The molecule has 0 fully saturated rings. The molecule has 0 saturated carbocycles. The molecule has 0 amide bonds. The minimum atomic E-state index is 0.247. The van der Waals surface area contributed by atoms with Crippen LogP contribution in [0.2, 0.25) is 0 Å². The number of nitrogens with zero attached hydrogens (tertiary/aromatic N) is 1. The Hall–Kier alpha value is -1.51. The summed E-state index contributed by atoms with van der Waals surface area (Å²) in [6.45, 7) is 6.22. The molecule has 0 heterocycles. The van der Waals surface area contributed by atoms with E-state index >= 15 is 0 Å². The van der Waals surface area contributed by atoms with Crippen molar-refractivity contribution in [2.45, 2.75) is 27.2 Å². The molecule has 0 aliphatic carbocycles. The van der Waals surface area contributed by atoms with E-state index in [4.69, 9.17) is 10.9 Å². The fourth-order valence-corrected chi connectivity index (χ4v) is 1.43. The van der Waals surface area contributed by atoms with E-state index in [2.05, 4.69) is 32.0 Å². The van der Waals surface area contributed by atoms with Crippen LogP contribution in [0, 0.1) is 20.8 Å². The molecule has 1 aromatic rings. The highest BCUT2D eigenvalue weighted by atomic mass is 16.4. The zero-order chi connectivity index (χ0) is 10.7. The largest absolute Gasteiger partial charge is 0.409 e. The number of hydrogen-bond donors (Lipinski definition) is 2. The summed E-state index contributed by atoms with van der Waals surface area (Å²) < 4.78 is 0. The second-order valence-electron chi connectivity index (χ2n) is 3.56. The first-order valence-electron chi connectivity index (χ1n) is 4.58. The summed E-state index contributed by atoms with van der Waals surface area (Å²) in [5, 5.41) is 11.4. The Balaban J connectivity index is 3.06. The average Bonchev–Trinajstić information content (AvgIpc) is 2.19. The molecule has 1 aromatic carbocycles. The SMILES string of the molecule is Cc1ccc(C/C(N)=N\O)c(C)c1C. The fraction of sp³-hybridized carbons (Fsp3) is 0.364. The highest BCUT2D eigenvalue weighted by Gasteiger charge is 2.05. The summed E-state index contributed by atoms with van der Waals surface area (Å²) in [4.78, 5) is 0. The van der Waals surface area contributed by atoms with Crippen LogP contribution in [0.3, 0.4) is 0 Å². The second kappa shape index (κ2) is 4.13. The standard InChI is InChI=1S/C11H16N2O/c1-7-4-5-10(6-11(12)13-14)9(3)8(7)2/h4-5,14H,6H2,1-3H3,(H2,12,13). The van der Waals surface area contributed by atoms with Gasteiger partial charge in [0.2, 0.25) is 0 Å². The van der Waals surface area contributed by atoms with Crippen LogP contribution in [0.15, 0.2) is 17.3 Å². The number of amidine groups is 1. The monoisotopic (exact) mass is 192 g/mol. The van der Waals surface area contributed by atoms with Crippen LogP contribution in [-0.2, 0) is 6.42 Å². The molecule has 0 atom stereocenters. The van der Waals surface area contributed by atoms with E-state index < -0.39 is 0 Å². The lowest BCUT2D eigenvalue weighted by atomic mass is 9.97. The molecule has 3 heteroatoms. The van der Waals surface area contributed by atoms with Gasteiger partial charge in [-0.25, -0.2) is 0 Å². The lowest BCUT2D eigenvalue weighted by Gasteiger charge is -2.10. The van der Waals surface area contributed by atoms with E-state index in [1.54, 1.807) is 0 Å². The molecule has 0 saturated heterocycles. The first-order chi connectivity index (χ1) is 6.56. The zero-order valence-corrected chi connectivity index (χ0v) is 8.83. The van der Waals surface area contributed by atoms with Gasteiger partial charge in [-0.3, -0.25) is 0 Å². The molecule has 3 N–H and O–H groups in total. The van der Waals surface area contributed by atoms with E-state index in [1.165, 1.54) is 16.7 Å². The first-order valence-corrected chi connectivity index (χ1v) is 4.58. The first kappa shape index (κ1) is 10.6. The van der Waals surface area contributed by atoms with Crippen LogP contribution in [0.5, 0.6) is 0 Å². The number of aryl methyl sites for hydroxylation is 1. The van der Waals surface area contributed by atoms with Gasteiger partial charge in [-0.15, -0.1) is 0 Å². The predicted molar refractivity (Wildman–Crippen MR) is 57.8 cm³/mol. The predicted octanol–water partition coefficient (Wildman–Crippen LogP) is 1.90. The van der Waals surface area contributed by atoms with E-state index in [1.807, 2.05) is 6.07 Å². The van der Waals surface area contributed by atoms with Crippen LogP contribution < -0.4 is 5.73 Å². The maximum atomic E-state index is 8.47. The Labute approximate surface area is 84.2 Å². The van der Waals surface area contributed by atoms with E-state index in [0.717, 1.165) is 5.56 Å². The number of oxime groups is 1. The lowest BCUT2D eigenvalue weighted by Crippen LogP contribution is -2.15. The molecule has 0 aliphatic rings. The van der Waals surface area contributed by atoms with Crippen LogP contribution in [0.1, 0.15) is 22.3 Å². The normalized spacial score (nSPS) is 11.8. The van der Waals surface area contributed by atoms with Crippen LogP contribution in [0.25, 0.3) is 0 Å². The third-order valence-corrected chi connectivity index (χ3v) is 2.67. The van der Waals surface area contributed by atoms with Gasteiger partial charge in [-0.1, -0.05) is 17.3 Å². The maximum absolute atomic E-state index is 8.47. The van der Waals surface area contributed by atoms with Crippen LogP contribution in [-0.4, -0.2) is 11.0 Å². The lowest BCUT2D eigenvalue weighted by molar-refractivity contribution is 0.317. The minimum absolute atomic E-state index is 0.247. The molecule has 0 aromatic heterocycles. The Morgan fingerprint density at radius 3 is 2.50 bits per heavy atom. The summed E-state index contributed by atoms with van der Waals surface area (Å²) in [6, 6.07) is 4.08. The van der Waals surface area contributed by atoms with Crippen molar-refractivity contribution in [1.29, 1.82) is 0 Å². The summed E-state index contributed by atoms with van der Waals surface area (Å²) in [5.74, 6) is 0.247. The third-order valence-electron chi connectivity index (χ3n) is 2.67. The van der Waals surface area contributed by atoms with Crippen LogP contribution >= 0.6 is 0 Å². The van der Waals surface area contributed by atoms with Crippen molar-refractivity contribution >= 4 is 5.84 Å². The van der Waals surface area contributed by atoms with Crippen molar-refractivity contribution in [2.75, 3.05) is 0 Å². The Bertz CT molecular complexity index is 370. The highest BCUT2D eigenvalue weighted by molar-refractivity contribution is 5.82. The van der Waals surface area contributed by atoms with Crippen LogP contribution in [0.4, 0.5) is 0 Å². The van der Waals surface area contributed by atoms with Gasteiger partial charge in [0.05, 0.1) is 0 Å².